The molecule has 25 heavy (non-hydrogen) atoms. The molecule has 7 nitrogen and oxygen atoms in total. The summed E-state index contributed by atoms with van der Waals surface area (Å²) in [6.07, 6.45) is 0. The number of thioether (sulfide) groups is 1. The standard InChI is InChI=1S/C16H15FN4O3S/c1-9-13(15(22)23-2)7-12(24-9)8-25-16-20-19-14(21(16)18)10-4-3-5-11(17)6-10/h3-7H,8,18H2,1-2H3. The molecule has 0 saturated carbocycles. The number of carbonyl (C=O) groups is 1. The van der Waals surface area contributed by atoms with Gasteiger partial charge in [0.15, 0.2) is 5.82 Å². The van der Waals surface area contributed by atoms with Crippen LogP contribution in [0, 0.1) is 12.7 Å². The van der Waals surface area contributed by atoms with Gasteiger partial charge in [0.2, 0.25) is 5.16 Å². The van der Waals surface area contributed by atoms with E-state index in [1.807, 2.05) is 0 Å². The van der Waals surface area contributed by atoms with E-state index in [2.05, 4.69) is 10.2 Å². The van der Waals surface area contributed by atoms with Gasteiger partial charge >= 0.3 is 5.97 Å². The number of nitrogens with zero attached hydrogens (tertiary/aromatic N) is 3. The largest absolute Gasteiger partial charge is 0.465 e. The highest BCUT2D eigenvalue weighted by molar-refractivity contribution is 7.98. The molecule has 0 aliphatic heterocycles. The van der Waals surface area contributed by atoms with Crippen LogP contribution < -0.4 is 5.84 Å². The molecular formula is C16H15FN4O3S. The Morgan fingerprint density at radius 2 is 2.20 bits per heavy atom. The lowest BCUT2D eigenvalue weighted by Gasteiger charge is -2.03. The van der Waals surface area contributed by atoms with Crippen LogP contribution in [0.25, 0.3) is 11.4 Å². The van der Waals surface area contributed by atoms with Crippen molar-refractivity contribution in [1.82, 2.24) is 14.9 Å². The maximum atomic E-state index is 13.3. The molecule has 2 N–H and O–H groups in total. The average Bonchev–Trinajstić information content (AvgIpc) is 3.15. The molecule has 0 unspecified atom stereocenters. The third kappa shape index (κ3) is 3.50. The number of nitrogen functional groups attached to an aromatic ring is 1. The van der Waals surface area contributed by atoms with E-state index < -0.39 is 5.97 Å². The second-order valence-corrected chi connectivity index (χ2v) is 6.09. The van der Waals surface area contributed by atoms with Crippen LogP contribution in [-0.4, -0.2) is 28.0 Å². The second-order valence-electron chi connectivity index (χ2n) is 5.15. The summed E-state index contributed by atoms with van der Waals surface area (Å²) in [6.45, 7) is 1.69. The Morgan fingerprint density at radius 1 is 1.40 bits per heavy atom. The maximum absolute atomic E-state index is 13.3. The first-order valence-electron chi connectivity index (χ1n) is 7.26. The summed E-state index contributed by atoms with van der Waals surface area (Å²) in [7, 11) is 1.31. The van der Waals surface area contributed by atoms with Gasteiger partial charge in [-0.2, -0.15) is 0 Å². The van der Waals surface area contributed by atoms with E-state index in [0.29, 0.717) is 39.4 Å². The molecule has 0 amide bonds. The minimum absolute atomic E-state index is 0.355. The van der Waals surface area contributed by atoms with Crippen LogP contribution >= 0.6 is 11.8 Å². The van der Waals surface area contributed by atoms with Crippen molar-refractivity contribution in [3.63, 3.8) is 0 Å². The van der Waals surface area contributed by atoms with E-state index in [9.17, 15) is 9.18 Å². The number of furan rings is 1. The van der Waals surface area contributed by atoms with Crippen LogP contribution in [0.2, 0.25) is 0 Å². The fraction of sp³-hybridized carbons (Fsp3) is 0.188. The molecule has 0 atom stereocenters. The Morgan fingerprint density at radius 3 is 2.92 bits per heavy atom. The van der Waals surface area contributed by atoms with Gasteiger partial charge in [0.25, 0.3) is 0 Å². The van der Waals surface area contributed by atoms with Gasteiger partial charge < -0.3 is 15.0 Å². The quantitative estimate of drug-likeness (QED) is 0.423. The van der Waals surface area contributed by atoms with Crippen LogP contribution in [0.1, 0.15) is 21.9 Å². The molecule has 2 heterocycles. The van der Waals surface area contributed by atoms with Crippen LogP contribution in [0.15, 0.2) is 39.9 Å². The van der Waals surface area contributed by atoms with Gasteiger partial charge in [0, 0.05) is 5.56 Å². The minimum Gasteiger partial charge on any atom is -0.465 e. The monoisotopic (exact) mass is 362 g/mol. The van der Waals surface area contributed by atoms with Crippen LogP contribution in [0.3, 0.4) is 0 Å². The van der Waals surface area contributed by atoms with Gasteiger partial charge in [0.05, 0.1) is 12.9 Å². The molecule has 1 aromatic carbocycles. The van der Waals surface area contributed by atoms with Gasteiger partial charge in [-0.3, -0.25) is 0 Å². The normalized spacial score (nSPS) is 10.8. The van der Waals surface area contributed by atoms with E-state index in [4.69, 9.17) is 15.0 Å². The highest BCUT2D eigenvalue weighted by Gasteiger charge is 2.17. The Kier molecular flexibility index (Phi) is 4.75. The highest BCUT2D eigenvalue weighted by atomic mass is 32.2. The van der Waals surface area contributed by atoms with E-state index >= 15 is 0 Å². The number of halogens is 1. The lowest BCUT2D eigenvalue weighted by molar-refractivity contribution is 0.0599. The number of aromatic nitrogens is 3. The summed E-state index contributed by atoms with van der Waals surface area (Å²) in [4.78, 5) is 11.6. The third-order valence-corrected chi connectivity index (χ3v) is 4.43. The average molecular weight is 362 g/mol. The van der Waals surface area contributed by atoms with Crippen molar-refractivity contribution in [3.05, 3.63) is 53.2 Å². The number of carbonyl (C=O) groups excluding carboxylic acids is 1. The first-order chi connectivity index (χ1) is 12.0. The number of aryl methyl sites for hydroxylation is 1. The number of esters is 1. The number of ether oxygens (including phenoxy) is 1. The second kappa shape index (κ2) is 6.98. The van der Waals surface area contributed by atoms with Crippen LogP contribution in [0.4, 0.5) is 4.39 Å². The van der Waals surface area contributed by atoms with Crippen molar-refractivity contribution >= 4 is 17.7 Å². The number of methoxy groups -OCH3 is 1. The molecule has 0 aliphatic carbocycles. The Hall–Kier alpha value is -2.81. The van der Waals surface area contributed by atoms with E-state index in [1.165, 1.54) is 35.7 Å². The number of rotatable bonds is 5. The molecule has 3 aromatic rings. The fourth-order valence-electron chi connectivity index (χ4n) is 2.26. The number of nitrogens with two attached hydrogens (primary N) is 1. The Balaban J connectivity index is 1.76. The predicted octanol–water partition coefficient (Wildman–Crippen LogP) is 2.78. The molecule has 3 rings (SSSR count). The number of hydrogen-bond acceptors (Lipinski definition) is 7. The summed E-state index contributed by atoms with van der Waals surface area (Å²) in [5.41, 5.74) is 0.913. The van der Waals surface area contributed by atoms with Gasteiger partial charge in [-0.05, 0) is 25.1 Å². The molecule has 9 heteroatoms. The smallest absolute Gasteiger partial charge is 0.341 e. The minimum atomic E-state index is -0.451. The van der Waals surface area contributed by atoms with Gasteiger partial charge in [-0.25, -0.2) is 13.9 Å². The predicted molar refractivity (Wildman–Crippen MR) is 89.9 cm³/mol. The Bertz CT molecular complexity index is 922. The van der Waals surface area contributed by atoms with Crippen LogP contribution in [0.5, 0.6) is 0 Å². The summed E-state index contributed by atoms with van der Waals surface area (Å²) in [5.74, 6) is 6.99. The van der Waals surface area contributed by atoms with Crippen molar-refractivity contribution in [2.24, 2.45) is 0 Å². The molecule has 0 aliphatic rings. The third-order valence-electron chi connectivity index (χ3n) is 3.46. The van der Waals surface area contributed by atoms with Crippen molar-refractivity contribution in [3.8, 4) is 11.4 Å². The summed E-state index contributed by atoms with van der Waals surface area (Å²) < 4.78 is 24.9. The molecule has 0 radical (unpaired) electrons. The van der Waals surface area contributed by atoms with Crippen LogP contribution in [-0.2, 0) is 10.5 Å². The van der Waals surface area contributed by atoms with Gasteiger partial charge in [-0.1, -0.05) is 23.9 Å². The molecule has 0 fully saturated rings. The fourth-order valence-corrected chi connectivity index (χ4v) is 3.00. The Labute approximate surface area is 147 Å². The number of hydrogen-bond donors (Lipinski definition) is 1. The SMILES string of the molecule is COC(=O)c1cc(CSc2nnc(-c3cccc(F)c3)n2N)oc1C. The van der Waals surface area contributed by atoms with Crippen molar-refractivity contribution < 1.29 is 18.3 Å². The zero-order valence-corrected chi connectivity index (χ0v) is 14.3. The van der Waals surface area contributed by atoms with Crippen molar-refractivity contribution in [1.29, 1.82) is 0 Å². The topological polar surface area (TPSA) is 96.2 Å². The summed E-state index contributed by atoms with van der Waals surface area (Å²) in [6, 6.07) is 7.57. The van der Waals surface area contributed by atoms with Gasteiger partial charge in [0.1, 0.15) is 22.9 Å². The number of benzene rings is 1. The summed E-state index contributed by atoms with van der Waals surface area (Å²) >= 11 is 1.29. The van der Waals surface area contributed by atoms with E-state index in [1.54, 1.807) is 25.1 Å². The van der Waals surface area contributed by atoms with Crippen molar-refractivity contribution in [2.45, 2.75) is 17.8 Å². The van der Waals surface area contributed by atoms with E-state index in [0.717, 1.165) is 0 Å². The molecule has 2 aromatic heterocycles. The highest BCUT2D eigenvalue weighted by Crippen LogP contribution is 2.26. The molecule has 130 valence electrons. The zero-order valence-electron chi connectivity index (χ0n) is 13.5. The first kappa shape index (κ1) is 17.0. The first-order valence-corrected chi connectivity index (χ1v) is 8.25. The van der Waals surface area contributed by atoms with E-state index in [-0.39, 0.29) is 5.82 Å². The zero-order chi connectivity index (χ0) is 18.0. The van der Waals surface area contributed by atoms with Gasteiger partial charge in [-0.15, -0.1) is 10.2 Å². The molecule has 0 spiro atoms. The van der Waals surface area contributed by atoms with Crippen molar-refractivity contribution in [2.75, 3.05) is 13.0 Å². The summed E-state index contributed by atoms with van der Waals surface area (Å²) in [5, 5.41) is 8.45. The lowest BCUT2D eigenvalue weighted by atomic mass is 10.2. The molecule has 0 bridgehead atoms. The molecule has 0 saturated heterocycles. The molecular weight excluding hydrogens is 347 g/mol. The maximum Gasteiger partial charge on any atom is 0.341 e. The lowest BCUT2D eigenvalue weighted by Crippen LogP contribution is -2.11.